The number of ether oxygens (including phenoxy) is 2. The third-order valence-corrected chi connectivity index (χ3v) is 2.59. The highest BCUT2D eigenvalue weighted by Gasteiger charge is 2.16. The lowest BCUT2D eigenvalue weighted by atomic mass is 10.1. The second-order valence-corrected chi connectivity index (χ2v) is 6.26. The van der Waals surface area contributed by atoms with Crippen LogP contribution in [0.5, 0.6) is 5.75 Å². The van der Waals surface area contributed by atoms with E-state index < -0.39 is 5.60 Å². The fourth-order valence-corrected chi connectivity index (χ4v) is 1.85. The molecule has 0 spiro atoms. The summed E-state index contributed by atoms with van der Waals surface area (Å²) in [6.45, 7) is 9.29. The van der Waals surface area contributed by atoms with Crippen molar-refractivity contribution in [3.05, 3.63) is 23.8 Å². The molecular weight excluding hydrogens is 282 g/mol. The van der Waals surface area contributed by atoms with Gasteiger partial charge in [0.05, 0.1) is 6.10 Å². The van der Waals surface area contributed by atoms with Gasteiger partial charge in [-0.05, 0) is 58.7 Å². The zero-order chi connectivity index (χ0) is 16.8. The first-order chi connectivity index (χ1) is 10.2. The molecule has 0 saturated carbocycles. The molecule has 0 bridgehead atoms. The summed E-state index contributed by atoms with van der Waals surface area (Å²) < 4.78 is 10.8. The number of hydrogen-bond acceptors (Lipinski definition) is 5. The van der Waals surface area contributed by atoms with Crippen LogP contribution < -0.4 is 4.74 Å². The predicted molar refractivity (Wildman–Crippen MR) is 84.2 cm³/mol. The molecule has 0 atom stereocenters. The summed E-state index contributed by atoms with van der Waals surface area (Å²) >= 11 is 0. The lowest BCUT2D eigenvalue weighted by Gasteiger charge is -2.19. The van der Waals surface area contributed by atoms with E-state index in [1.165, 1.54) is 6.08 Å². The number of rotatable bonds is 6. The number of aryl methyl sites for hydroxylation is 1. The standard InChI is InChI=1S/C17H23NO4/c1-12(2)21-15-8-6-13(10-14(15)18-11-19)7-9-16(20)22-17(3,4)5/h6,8,10,12H,7,9H2,1-5H3. The third-order valence-electron chi connectivity index (χ3n) is 2.59. The van der Waals surface area contributed by atoms with Crippen LogP contribution in [0.4, 0.5) is 5.69 Å². The summed E-state index contributed by atoms with van der Waals surface area (Å²) in [7, 11) is 0. The van der Waals surface area contributed by atoms with Crippen LogP contribution in [-0.2, 0) is 20.7 Å². The number of hydrogen-bond donors (Lipinski definition) is 0. The minimum Gasteiger partial charge on any atom is -0.489 e. The molecule has 0 aliphatic rings. The van der Waals surface area contributed by atoms with Gasteiger partial charge in [-0.3, -0.25) is 4.79 Å². The van der Waals surface area contributed by atoms with Gasteiger partial charge in [0.15, 0.2) is 0 Å². The number of aliphatic imine (C=N–C) groups is 1. The molecule has 0 aromatic heterocycles. The first-order valence-corrected chi connectivity index (χ1v) is 7.30. The quantitative estimate of drug-likeness (QED) is 0.456. The third kappa shape index (κ3) is 6.55. The first-order valence-electron chi connectivity index (χ1n) is 7.30. The van der Waals surface area contributed by atoms with Crippen LogP contribution >= 0.6 is 0 Å². The fourth-order valence-electron chi connectivity index (χ4n) is 1.85. The largest absolute Gasteiger partial charge is 0.489 e. The van der Waals surface area contributed by atoms with E-state index in [4.69, 9.17) is 9.47 Å². The van der Waals surface area contributed by atoms with E-state index >= 15 is 0 Å². The highest BCUT2D eigenvalue weighted by Crippen LogP contribution is 2.29. The molecule has 0 aliphatic heterocycles. The maximum absolute atomic E-state index is 11.7. The Kier molecular flexibility index (Phi) is 6.32. The van der Waals surface area contributed by atoms with E-state index in [9.17, 15) is 9.59 Å². The van der Waals surface area contributed by atoms with Gasteiger partial charge < -0.3 is 9.47 Å². The van der Waals surface area contributed by atoms with Gasteiger partial charge in [0.1, 0.15) is 17.0 Å². The number of benzene rings is 1. The molecule has 0 aliphatic carbocycles. The molecule has 1 aromatic rings. The van der Waals surface area contributed by atoms with E-state index in [0.29, 0.717) is 17.9 Å². The second-order valence-electron chi connectivity index (χ2n) is 6.26. The Morgan fingerprint density at radius 1 is 1.32 bits per heavy atom. The lowest BCUT2D eigenvalue weighted by Crippen LogP contribution is -2.24. The highest BCUT2D eigenvalue weighted by molar-refractivity contribution is 5.70. The summed E-state index contributed by atoms with van der Waals surface area (Å²) in [5.41, 5.74) is 0.820. The molecule has 120 valence electrons. The van der Waals surface area contributed by atoms with Crippen LogP contribution in [0.1, 0.15) is 46.6 Å². The van der Waals surface area contributed by atoms with E-state index in [0.717, 1.165) is 5.56 Å². The van der Waals surface area contributed by atoms with Gasteiger partial charge in [-0.2, -0.15) is 4.99 Å². The van der Waals surface area contributed by atoms with Gasteiger partial charge in [0.2, 0.25) is 6.08 Å². The van der Waals surface area contributed by atoms with E-state index in [-0.39, 0.29) is 18.5 Å². The lowest BCUT2D eigenvalue weighted by molar-refractivity contribution is -0.154. The Morgan fingerprint density at radius 2 is 2.00 bits per heavy atom. The molecule has 0 fully saturated rings. The van der Waals surface area contributed by atoms with Gasteiger partial charge in [-0.15, -0.1) is 0 Å². The molecule has 0 amide bonds. The molecular formula is C17H23NO4. The summed E-state index contributed by atoms with van der Waals surface area (Å²) in [4.78, 5) is 25.9. The van der Waals surface area contributed by atoms with Crippen LogP contribution in [0.2, 0.25) is 0 Å². The van der Waals surface area contributed by atoms with Crippen LogP contribution in [0.15, 0.2) is 23.2 Å². The van der Waals surface area contributed by atoms with E-state index in [1.807, 2.05) is 40.7 Å². The zero-order valence-corrected chi connectivity index (χ0v) is 13.8. The molecule has 0 radical (unpaired) electrons. The van der Waals surface area contributed by atoms with Crippen molar-refractivity contribution in [3.8, 4) is 5.75 Å². The van der Waals surface area contributed by atoms with Gasteiger partial charge >= 0.3 is 5.97 Å². The molecule has 22 heavy (non-hydrogen) atoms. The molecule has 0 heterocycles. The second kappa shape index (κ2) is 7.76. The number of nitrogens with zero attached hydrogens (tertiary/aromatic N) is 1. The van der Waals surface area contributed by atoms with Crippen molar-refractivity contribution in [2.24, 2.45) is 4.99 Å². The van der Waals surface area contributed by atoms with Crippen molar-refractivity contribution in [3.63, 3.8) is 0 Å². The Hall–Kier alpha value is -2.13. The maximum Gasteiger partial charge on any atom is 0.306 e. The van der Waals surface area contributed by atoms with E-state index in [1.54, 1.807) is 12.1 Å². The smallest absolute Gasteiger partial charge is 0.306 e. The van der Waals surface area contributed by atoms with Gasteiger partial charge in [-0.25, -0.2) is 4.79 Å². The molecule has 0 N–H and O–H groups in total. The number of carbonyl (C=O) groups excluding carboxylic acids is 2. The Morgan fingerprint density at radius 3 is 2.55 bits per heavy atom. The van der Waals surface area contributed by atoms with E-state index in [2.05, 4.69) is 4.99 Å². The van der Waals surface area contributed by atoms with Crippen molar-refractivity contribution < 1.29 is 19.1 Å². The molecule has 5 heteroatoms. The molecule has 5 nitrogen and oxygen atoms in total. The average molecular weight is 305 g/mol. The molecule has 0 saturated heterocycles. The number of esters is 1. The minimum atomic E-state index is -0.487. The van der Waals surface area contributed by atoms with Crippen LogP contribution in [0, 0.1) is 0 Å². The first kappa shape index (κ1) is 17.9. The van der Waals surface area contributed by atoms with Crippen molar-refractivity contribution in [2.45, 2.75) is 59.2 Å². The summed E-state index contributed by atoms with van der Waals surface area (Å²) in [5, 5.41) is 0. The zero-order valence-electron chi connectivity index (χ0n) is 13.8. The number of isocyanates is 1. The highest BCUT2D eigenvalue weighted by atomic mass is 16.6. The summed E-state index contributed by atoms with van der Waals surface area (Å²) in [6.07, 6.45) is 2.29. The monoisotopic (exact) mass is 305 g/mol. The van der Waals surface area contributed by atoms with Crippen LogP contribution in [-0.4, -0.2) is 23.8 Å². The Labute approximate surface area is 131 Å². The van der Waals surface area contributed by atoms with Gasteiger partial charge in [-0.1, -0.05) is 6.07 Å². The number of carbonyl (C=O) groups is 1. The Balaban J connectivity index is 2.78. The summed E-state index contributed by atoms with van der Waals surface area (Å²) in [6, 6.07) is 5.33. The van der Waals surface area contributed by atoms with Crippen molar-refractivity contribution in [1.82, 2.24) is 0 Å². The summed E-state index contributed by atoms with van der Waals surface area (Å²) in [5.74, 6) is 0.273. The molecule has 0 unspecified atom stereocenters. The minimum absolute atomic E-state index is 0.0202. The predicted octanol–water partition coefficient (Wildman–Crippen LogP) is 3.72. The fraction of sp³-hybridized carbons (Fsp3) is 0.529. The van der Waals surface area contributed by atoms with Crippen molar-refractivity contribution in [1.29, 1.82) is 0 Å². The topological polar surface area (TPSA) is 65.0 Å². The van der Waals surface area contributed by atoms with Gasteiger partial charge in [0.25, 0.3) is 0 Å². The molecule has 1 rings (SSSR count). The maximum atomic E-state index is 11.7. The van der Waals surface area contributed by atoms with Crippen LogP contribution in [0.3, 0.4) is 0 Å². The van der Waals surface area contributed by atoms with Crippen molar-refractivity contribution >= 4 is 17.7 Å². The Bertz CT molecular complexity index is 567. The van der Waals surface area contributed by atoms with Gasteiger partial charge in [0, 0.05) is 6.42 Å². The average Bonchev–Trinajstić information content (AvgIpc) is 2.37. The van der Waals surface area contributed by atoms with Crippen molar-refractivity contribution in [2.75, 3.05) is 0 Å². The molecule has 1 aromatic carbocycles. The normalized spacial score (nSPS) is 11.0. The SMILES string of the molecule is CC(C)Oc1ccc(CCC(=O)OC(C)(C)C)cc1N=C=O. The van der Waals surface area contributed by atoms with Crippen LogP contribution in [0.25, 0.3) is 0 Å².